The van der Waals surface area contributed by atoms with E-state index in [0.717, 1.165) is 17.4 Å². The first-order chi connectivity index (χ1) is 19.1. The standard InChI is InChI=1S/C26H25F4N7O3/c1-15-20(14-37(35-15)7-8-39-2)33-24-31-12-18(13-32-24)16-3-4-17(19(27)9-16)10-23(38)34-22-11-21(40-36-22)25(5-6-25)26(28,29)30/h3-4,9,11-14H,5-8,10H2,1-2H3,(H,31,32,33)(H,34,36,38). The molecule has 1 aliphatic rings. The monoisotopic (exact) mass is 559 g/mol. The topological polar surface area (TPSA) is 120 Å². The maximum absolute atomic E-state index is 14.8. The van der Waals surface area contributed by atoms with Crippen molar-refractivity contribution >= 4 is 23.4 Å². The second kappa shape index (κ2) is 10.7. The summed E-state index contributed by atoms with van der Waals surface area (Å²) in [4.78, 5) is 21.0. The molecule has 40 heavy (non-hydrogen) atoms. The Labute approximate surface area is 225 Å². The van der Waals surface area contributed by atoms with Gasteiger partial charge in [-0.05, 0) is 37.0 Å². The molecule has 4 aromatic rings. The molecule has 3 aromatic heterocycles. The first kappa shape index (κ1) is 27.2. The van der Waals surface area contributed by atoms with Gasteiger partial charge in [0.15, 0.2) is 11.6 Å². The number of anilines is 3. The lowest BCUT2D eigenvalue weighted by molar-refractivity contribution is -0.165. The third-order valence-electron chi connectivity index (χ3n) is 6.65. The van der Waals surface area contributed by atoms with Crippen LogP contribution in [-0.2, 0) is 27.9 Å². The van der Waals surface area contributed by atoms with E-state index >= 15 is 0 Å². The van der Waals surface area contributed by atoms with Crippen LogP contribution in [-0.4, -0.2) is 50.7 Å². The summed E-state index contributed by atoms with van der Waals surface area (Å²) in [6.45, 7) is 2.98. The van der Waals surface area contributed by atoms with Crippen molar-refractivity contribution in [2.45, 2.75) is 44.3 Å². The number of amides is 1. The quantitative estimate of drug-likeness (QED) is 0.262. The van der Waals surface area contributed by atoms with Crippen LogP contribution in [0.4, 0.5) is 35.0 Å². The lowest BCUT2D eigenvalue weighted by Gasteiger charge is -2.14. The highest BCUT2D eigenvalue weighted by Gasteiger charge is 2.66. The molecule has 0 unspecified atom stereocenters. The van der Waals surface area contributed by atoms with Crippen LogP contribution in [0.5, 0.6) is 0 Å². The Hall–Kier alpha value is -4.33. The van der Waals surface area contributed by atoms with Gasteiger partial charge >= 0.3 is 6.18 Å². The second-order valence-corrected chi connectivity index (χ2v) is 9.49. The van der Waals surface area contributed by atoms with Gasteiger partial charge in [-0.3, -0.25) is 9.48 Å². The third kappa shape index (κ3) is 5.66. The van der Waals surface area contributed by atoms with Crippen LogP contribution in [0.2, 0.25) is 0 Å². The van der Waals surface area contributed by atoms with Crippen molar-refractivity contribution in [2.24, 2.45) is 0 Å². The maximum atomic E-state index is 14.8. The van der Waals surface area contributed by atoms with E-state index in [1.807, 2.05) is 13.1 Å². The molecule has 0 aliphatic heterocycles. The number of aryl methyl sites for hydroxylation is 1. The normalized spacial score (nSPS) is 14.2. The molecule has 0 saturated heterocycles. The smallest absolute Gasteiger partial charge is 0.383 e. The molecule has 0 bridgehead atoms. The van der Waals surface area contributed by atoms with Gasteiger partial charge in [-0.15, -0.1) is 0 Å². The predicted molar refractivity (Wildman–Crippen MR) is 135 cm³/mol. The number of methoxy groups -OCH3 is 1. The zero-order chi connectivity index (χ0) is 28.5. The first-order valence-electron chi connectivity index (χ1n) is 12.3. The van der Waals surface area contributed by atoms with Crippen molar-refractivity contribution in [3.8, 4) is 11.1 Å². The number of benzene rings is 1. The molecule has 1 aliphatic carbocycles. The van der Waals surface area contributed by atoms with Gasteiger partial charge in [0.1, 0.15) is 11.2 Å². The largest absolute Gasteiger partial charge is 0.401 e. The van der Waals surface area contributed by atoms with Gasteiger partial charge < -0.3 is 19.9 Å². The number of nitrogens with zero attached hydrogens (tertiary/aromatic N) is 5. The third-order valence-corrected chi connectivity index (χ3v) is 6.65. The van der Waals surface area contributed by atoms with Gasteiger partial charge in [-0.25, -0.2) is 14.4 Å². The lowest BCUT2D eigenvalue weighted by Crippen LogP contribution is -2.28. The molecule has 1 aromatic carbocycles. The van der Waals surface area contributed by atoms with Crippen LogP contribution in [0, 0.1) is 12.7 Å². The van der Waals surface area contributed by atoms with Crippen LogP contribution in [0.3, 0.4) is 0 Å². The molecule has 10 nitrogen and oxygen atoms in total. The van der Waals surface area contributed by atoms with Crippen molar-refractivity contribution < 1.29 is 31.6 Å². The van der Waals surface area contributed by atoms with Gasteiger partial charge in [0.25, 0.3) is 0 Å². The van der Waals surface area contributed by atoms with E-state index < -0.39 is 23.3 Å². The molecule has 210 valence electrons. The van der Waals surface area contributed by atoms with E-state index in [1.165, 1.54) is 24.5 Å². The van der Waals surface area contributed by atoms with Crippen molar-refractivity contribution in [3.05, 3.63) is 65.7 Å². The van der Waals surface area contributed by atoms with Gasteiger partial charge in [0.2, 0.25) is 11.9 Å². The summed E-state index contributed by atoms with van der Waals surface area (Å²) in [5.41, 5.74) is 0.616. The minimum atomic E-state index is -4.46. The van der Waals surface area contributed by atoms with Gasteiger partial charge in [0.05, 0.1) is 31.0 Å². The maximum Gasteiger partial charge on any atom is 0.401 e. The van der Waals surface area contributed by atoms with Crippen molar-refractivity contribution in [3.63, 3.8) is 0 Å². The number of rotatable bonds is 10. The highest BCUT2D eigenvalue weighted by Crippen LogP contribution is 2.59. The molecule has 14 heteroatoms. The summed E-state index contributed by atoms with van der Waals surface area (Å²) in [6, 6.07) is 5.39. The summed E-state index contributed by atoms with van der Waals surface area (Å²) >= 11 is 0. The Kier molecular flexibility index (Phi) is 7.27. The summed E-state index contributed by atoms with van der Waals surface area (Å²) < 4.78 is 66.3. The number of hydrogen-bond donors (Lipinski definition) is 2. The summed E-state index contributed by atoms with van der Waals surface area (Å²) in [6.07, 6.45) is -0.107. The van der Waals surface area contributed by atoms with E-state index in [-0.39, 0.29) is 36.4 Å². The zero-order valence-corrected chi connectivity index (χ0v) is 21.5. The minimum Gasteiger partial charge on any atom is -0.383 e. The highest BCUT2D eigenvalue weighted by molar-refractivity contribution is 5.91. The molecule has 1 saturated carbocycles. The number of ether oxygens (including phenoxy) is 1. The number of hydrogen-bond acceptors (Lipinski definition) is 8. The Morgan fingerprint density at radius 3 is 2.58 bits per heavy atom. The molecular weight excluding hydrogens is 534 g/mol. The molecule has 1 fully saturated rings. The molecular formula is C26H25F4N7O3. The van der Waals surface area contributed by atoms with E-state index in [0.29, 0.717) is 30.2 Å². The predicted octanol–water partition coefficient (Wildman–Crippen LogP) is 4.94. The number of carbonyl (C=O) groups excluding carboxylic acids is 1. The van der Waals surface area contributed by atoms with Crippen molar-refractivity contribution in [1.82, 2.24) is 24.9 Å². The van der Waals surface area contributed by atoms with E-state index in [4.69, 9.17) is 9.26 Å². The zero-order valence-electron chi connectivity index (χ0n) is 21.5. The Bertz CT molecular complexity index is 1510. The van der Waals surface area contributed by atoms with Gasteiger partial charge in [0, 0.05) is 37.3 Å². The van der Waals surface area contributed by atoms with Crippen LogP contribution < -0.4 is 10.6 Å². The van der Waals surface area contributed by atoms with E-state index in [9.17, 15) is 22.4 Å². The number of aromatic nitrogens is 5. The molecule has 0 atom stereocenters. The fraction of sp³-hybridized carbons (Fsp3) is 0.346. The number of nitrogens with one attached hydrogen (secondary N) is 2. The Balaban J connectivity index is 1.20. The van der Waals surface area contributed by atoms with Crippen LogP contribution >= 0.6 is 0 Å². The molecule has 5 rings (SSSR count). The average molecular weight is 560 g/mol. The number of carbonyl (C=O) groups is 1. The second-order valence-electron chi connectivity index (χ2n) is 9.49. The minimum absolute atomic E-state index is 0.0957. The lowest BCUT2D eigenvalue weighted by atomic mass is 10.0. The molecule has 0 radical (unpaired) electrons. The fourth-order valence-corrected chi connectivity index (χ4v) is 4.19. The van der Waals surface area contributed by atoms with E-state index in [1.54, 1.807) is 17.9 Å². The first-order valence-corrected chi connectivity index (χ1v) is 12.3. The van der Waals surface area contributed by atoms with Crippen LogP contribution in [0.25, 0.3) is 11.1 Å². The van der Waals surface area contributed by atoms with Crippen LogP contribution in [0.15, 0.2) is 47.4 Å². The Morgan fingerprint density at radius 1 is 1.18 bits per heavy atom. The van der Waals surface area contributed by atoms with Crippen molar-refractivity contribution in [1.29, 1.82) is 0 Å². The Morgan fingerprint density at radius 2 is 1.93 bits per heavy atom. The van der Waals surface area contributed by atoms with Gasteiger partial charge in [-0.1, -0.05) is 17.3 Å². The molecule has 1 amide bonds. The molecule has 0 spiro atoms. The summed E-state index contributed by atoms with van der Waals surface area (Å²) in [5.74, 6) is -1.45. The fourth-order valence-electron chi connectivity index (χ4n) is 4.19. The van der Waals surface area contributed by atoms with Gasteiger partial charge in [-0.2, -0.15) is 18.3 Å². The number of alkyl halides is 3. The number of halogens is 4. The van der Waals surface area contributed by atoms with Crippen LogP contribution in [0.1, 0.15) is 29.9 Å². The highest BCUT2D eigenvalue weighted by atomic mass is 19.4. The SMILES string of the molecule is COCCn1cc(Nc2ncc(-c3ccc(CC(=O)Nc4cc(C5(C(F)(F)F)CC5)on4)c(F)c3)cn2)c(C)n1. The van der Waals surface area contributed by atoms with Crippen molar-refractivity contribution in [2.75, 3.05) is 24.4 Å². The summed E-state index contributed by atoms with van der Waals surface area (Å²) in [5, 5.41) is 13.4. The average Bonchev–Trinajstić information content (AvgIpc) is 3.50. The molecule has 2 N–H and O–H groups in total. The molecule has 3 heterocycles. The van der Waals surface area contributed by atoms with E-state index in [2.05, 4.69) is 30.9 Å². The summed E-state index contributed by atoms with van der Waals surface area (Å²) in [7, 11) is 1.62.